The minimum absolute atomic E-state index is 0.389. The van der Waals surface area contributed by atoms with E-state index in [1.165, 1.54) is 0 Å². The molecule has 1 nitrogen and oxygen atoms in total. The highest BCUT2D eigenvalue weighted by atomic mass is 35.5. The minimum Gasteiger partial charge on any atom is -0.258 e. The first kappa shape index (κ1) is 12.7. The summed E-state index contributed by atoms with van der Waals surface area (Å²) in [5, 5.41) is 1.31. The van der Waals surface area contributed by atoms with E-state index >= 15 is 0 Å². The second-order valence-corrected chi connectivity index (χ2v) is 5.08. The third kappa shape index (κ3) is 2.74. The van der Waals surface area contributed by atoms with Gasteiger partial charge >= 0.3 is 0 Å². The van der Waals surface area contributed by atoms with E-state index < -0.39 is 0 Å². The Balaban J connectivity index is 2.60. The Morgan fingerprint density at radius 2 is 1.18 bits per heavy atom. The topological polar surface area (TPSA) is 12.9 Å². The molecule has 0 atom stereocenters. The average Bonchev–Trinajstić information content (AvgIpc) is 2.23. The summed E-state index contributed by atoms with van der Waals surface area (Å²) in [5.41, 5.74) is 3.90. The molecule has 1 heterocycles. The van der Waals surface area contributed by atoms with Crippen LogP contribution in [0.15, 0.2) is 24.3 Å². The summed E-state index contributed by atoms with van der Waals surface area (Å²) < 4.78 is 0. The van der Waals surface area contributed by atoms with E-state index in [0.29, 0.717) is 15.1 Å². The first-order valence-electron chi connectivity index (χ1n) is 5.07. The maximum Gasteiger partial charge on any atom is 0.0778 e. The molecule has 0 amide bonds. The molecule has 0 saturated heterocycles. The largest absolute Gasteiger partial charge is 0.258 e. The molecule has 0 N–H and O–H groups in total. The van der Waals surface area contributed by atoms with Gasteiger partial charge in [-0.3, -0.25) is 4.98 Å². The van der Waals surface area contributed by atoms with Crippen LogP contribution in [0, 0.1) is 13.8 Å². The molecule has 0 spiro atoms. The molecule has 17 heavy (non-hydrogen) atoms. The first-order chi connectivity index (χ1) is 7.97. The van der Waals surface area contributed by atoms with E-state index in [4.69, 9.17) is 34.8 Å². The third-order valence-corrected chi connectivity index (χ3v) is 3.60. The number of benzene rings is 1. The highest BCUT2D eigenvalue weighted by Gasteiger charge is 2.08. The van der Waals surface area contributed by atoms with Crippen molar-refractivity contribution in [2.24, 2.45) is 0 Å². The molecule has 0 bridgehead atoms. The Bertz CT molecular complexity index is 536. The molecule has 1 aromatic carbocycles. The molecule has 0 unspecified atom stereocenters. The van der Waals surface area contributed by atoms with Crippen molar-refractivity contribution in [3.63, 3.8) is 0 Å². The Hall–Kier alpha value is -0.760. The standard InChI is InChI=1S/C13H10Cl3N/c1-7-3-9(4-8(2)17-7)10-5-11(14)13(16)12(15)6-10/h3-6H,1-2H3. The van der Waals surface area contributed by atoms with Gasteiger partial charge < -0.3 is 0 Å². The van der Waals surface area contributed by atoms with Crippen LogP contribution in [-0.4, -0.2) is 4.98 Å². The summed E-state index contributed by atoms with van der Waals surface area (Å²) in [7, 11) is 0. The lowest BCUT2D eigenvalue weighted by Gasteiger charge is -2.07. The molecule has 0 aliphatic carbocycles. The van der Waals surface area contributed by atoms with Gasteiger partial charge in [0.2, 0.25) is 0 Å². The molecule has 4 heteroatoms. The fourth-order valence-electron chi connectivity index (χ4n) is 1.72. The summed E-state index contributed by atoms with van der Waals surface area (Å²) >= 11 is 18.0. The normalized spacial score (nSPS) is 10.6. The van der Waals surface area contributed by atoms with Crippen molar-refractivity contribution in [2.45, 2.75) is 13.8 Å². The van der Waals surface area contributed by atoms with Crippen LogP contribution in [0.3, 0.4) is 0 Å². The van der Waals surface area contributed by atoms with Gasteiger partial charge in [0.05, 0.1) is 15.1 Å². The fourth-order valence-corrected chi connectivity index (χ4v) is 2.32. The van der Waals surface area contributed by atoms with Crippen LogP contribution in [0.5, 0.6) is 0 Å². The summed E-state index contributed by atoms with van der Waals surface area (Å²) in [6, 6.07) is 7.60. The van der Waals surface area contributed by atoms with Crippen molar-refractivity contribution in [3.8, 4) is 11.1 Å². The molecule has 2 aromatic rings. The van der Waals surface area contributed by atoms with Crippen LogP contribution >= 0.6 is 34.8 Å². The van der Waals surface area contributed by atoms with Crippen molar-refractivity contribution in [1.82, 2.24) is 4.98 Å². The molecular weight excluding hydrogens is 277 g/mol. The maximum atomic E-state index is 6.02. The van der Waals surface area contributed by atoms with E-state index in [1.54, 1.807) is 0 Å². The quantitative estimate of drug-likeness (QED) is 0.646. The summed E-state index contributed by atoms with van der Waals surface area (Å²) in [4.78, 5) is 4.33. The second-order valence-electron chi connectivity index (χ2n) is 3.89. The SMILES string of the molecule is Cc1cc(-c2cc(Cl)c(Cl)c(Cl)c2)cc(C)n1. The lowest BCUT2D eigenvalue weighted by molar-refractivity contribution is 1.12. The van der Waals surface area contributed by atoms with E-state index in [9.17, 15) is 0 Å². The van der Waals surface area contributed by atoms with Crippen LogP contribution in [-0.2, 0) is 0 Å². The lowest BCUT2D eigenvalue weighted by atomic mass is 10.1. The van der Waals surface area contributed by atoms with E-state index in [2.05, 4.69) is 4.98 Å². The van der Waals surface area contributed by atoms with Gasteiger partial charge in [-0.25, -0.2) is 0 Å². The molecule has 0 aliphatic rings. The molecule has 0 fully saturated rings. The zero-order valence-corrected chi connectivity index (χ0v) is 11.7. The van der Waals surface area contributed by atoms with Gasteiger partial charge in [-0.15, -0.1) is 0 Å². The first-order valence-corrected chi connectivity index (χ1v) is 6.21. The Kier molecular flexibility index (Phi) is 3.62. The van der Waals surface area contributed by atoms with Crippen molar-refractivity contribution in [3.05, 3.63) is 50.7 Å². The number of halogens is 3. The van der Waals surface area contributed by atoms with Crippen molar-refractivity contribution < 1.29 is 0 Å². The smallest absolute Gasteiger partial charge is 0.0778 e. The van der Waals surface area contributed by atoms with Crippen molar-refractivity contribution in [2.75, 3.05) is 0 Å². The van der Waals surface area contributed by atoms with Gasteiger partial charge in [0, 0.05) is 11.4 Å². The van der Waals surface area contributed by atoms with Crippen LogP contribution in [0.2, 0.25) is 15.1 Å². The fraction of sp³-hybridized carbons (Fsp3) is 0.154. The van der Waals surface area contributed by atoms with Gasteiger partial charge in [0.25, 0.3) is 0 Å². The molecule has 2 rings (SSSR count). The number of pyridine rings is 1. The number of hydrogen-bond donors (Lipinski definition) is 0. The summed E-state index contributed by atoms with van der Waals surface area (Å²) in [5.74, 6) is 0. The molecular formula is C13H10Cl3N. The van der Waals surface area contributed by atoms with E-state index in [0.717, 1.165) is 22.5 Å². The van der Waals surface area contributed by atoms with Crippen LogP contribution in [0.4, 0.5) is 0 Å². The van der Waals surface area contributed by atoms with Crippen LogP contribution in [0.1, 0.15) is 11.4 Å². The monoisotopic (exact) mass is 285 g/mol. The minimum atomic E-state index is 0.389. The third-order valence-electron chi connectivity index (χ3n) is 2.40. The Labute approximate surface area is 115 Å². The molecule has 88 valence electrons. The number of aromatic nitrogens is 1. The highest BCUT2D eigenvalue weighted by Crippen LogP contribution is 2.35. The van der Waals surface area contributed by atoms with Gasteiger partial charge in [-0.1, -0.05) is 34.8 Å². The molecule has 0 radical (unpaired) electrons. The van der Waals surface area contributed by atoms with Crippen molar-refractivity contribution >= 4 is 34.8 Å². The predicted molar refractivity (Wildman–Crippen MR) is 74.2 cm³/mol. The Morgan fingerprint density at radius 1 is 0.765 bits per heavy atom. The second kappa shape index (κ2) is 4.85. The van der Waals surface area contributed by atoms with E-state index in [-0.39, 0.29) is 0 Å². The summed E-state index contributed by atoms with van der Waals surface area (Å²) in [6.45, 7) is 3.91. The zero-order chi connectivity index (χ0) is 12.6. The predicted octanol–water partition coefficient (Wildman–Crippen LogP) is 5.33. The average molecular weight is 287 g/mol. The lowest BCUT2D eigenvalue weighted by Crippen LogP contribution is -1.88. The van der Waals surface area contributed by atoms with Crippen LogP contribution in [0.25, 0.3) is 11.1 Å². The van der Waals surface area contributed by atoms with Gasteiger partial charge in [-0.05, 0) is 49.2 Å². The van der Waals surface area contributed by atoms with Gasteiger partial charge in [0.1, 0.15) is 0 Å². The number of hydrogen-bond acceptors (Lipinski definition) is 1. The van der Waals surface area contributed by atoms with E-state index in [1.807, 2.05) is 38.1 Å². The maximum absolute atomic E-state index is 6.02. The highest BCUT2D eigenvalue weighted by molar-refractivity contribution is 6.48. The molecule has 0 saturated carbocycles. The molecule has 1 aromatic heterocycles. The van der Waals surface area contributed by atoms with Gasteiger partial charge in [-0.2, -0.15) is 0 Å². The number of nitrogens with zero attached hydrogens (tertiary/aromatic N) is 1. The van der Waals surface area contributed by atoms with Crippen LogP contribution < -0.4 is 0 Å². The van der Waals surface area contributed by atoms with Crippen molar-refractivity contribution in [1.29, 1.82) is 0 Å². The number of aryl methyl sites for hydroxylation is 2. The van der Waals surface area contributed by atoms with Gasteiger partial charge in [0.15, 0.2) is 0 Å². The zero-order valence-electron chi connectivity index (χ0n) is 9.39. The number of rotatable bonds is 1. The Morgan fingerprint density at radius 3 is 1.65 bits per heavy atom. The summed E-state index contributed by atoms with van der Waals surface area (Å²) in [6.07, 6.45) is 0. The molecule has 0 aliphatic heterocycles.